The molecule has 0 spiro atoms. The van der Waals surface area contributed by atoms with Gasteiger partial charge in [0.05, 0.1) is 12.5 Å². The third-order valence-electron chi connectivity index (χ3n) is 7.47. The predicted molar refractivity (Wildman–Crippen MR) is 139 cm³/mol. The monoisotopic (exact) mass is 490 g/mol. The number of nitrogens with zero attached hydrogens (tertiary/aromatic N) is 5. The van der Waals surface area contributed by atoms with E-state index in [2.05, 4.69) is 21.8 Å². The Hall–Kier alpha value is -4.51. The molecule has 3 atom stereocenters. The summed E-state index contributed by atoms with van der Waals surface area (Å²) in [6.07, 6.45) is 8.43. The van der Waals surface area contributed by atoms with Crippen LogP contribution in [-0.4, -0.2) is 42.0 Å². The lowest BCUT2D eigenvalue weighted by molar-refractivity contribution is -0.129. The fourth-order valence-electron chi connectivity index (χ4n) is 5.86. The Labute approximate surface area is 214 Å². The summed E-state index contributed by atoms with van der Waals surface area (Å²) in [5, 5.41) is 0. The number of nitrogen functional groups attached to an aromatic ring is 1. The van der Waals surface area contributed by atoms with Crippen LogP contribution in [0.5, 0.6) is 0 Å². The van der Waals surface area contributed by atoms with Gasteiger partial charge in [-0.2, -0.15) is 0 Å². The van der Waals surface area contributed by atoms with Gasteiger partial charge in [-0.1, -0.05) is 36.3 Å². The molecule has 1 aliphatic carbocycles. The number of hydrogen-bond acceptors (Lipinski definition) is 6. The summed E-state index contributed by atoms with van der Waals surface area (Å²) in [6.45, 7) is 1.68. The molecule has 8 nitrogen and oxygen atoms in total. The van der Waals surface area contributed by atoms with Gasteiger partial charge in [0.15, 0.2) is 5.78 Å². The van der Waals surface area contributed by atoms with Gasteiger partial charge in [0.1, 0.15) is 22.9 Å². The van der Waals surface area contributed by atoms with Gasteiger partial charge in [-0.15, -0.1) is 0 Å². The van der Waals surface area contributed by atoms with Crippen LogP contribution in [0.1, 0.15) is 54.1 Å². The number of hydrogen-bond donors (Lipinski definition) is 1. The standard InChI is InChI=1S/C29H26N6O2/c1-2-5-24(37)35-22-12-11-20(16-22)26(35)29-33-25(27-28(30)32-14-15-34(27)29)19-9-7-18(8-10-19)23(36)17-21-6-3-4-13-31-21/h3-4,6-10,13-15,20,22,26H,11-12,16-17H2,1H3,(H2,30,32)/t20-,22+,26?/m0/s1. The average molecular weight is 491 g/mol. The number of amides is 1. The second-order valence-corrected chi connectivity index (χ2v) is 9.61. The van der Waals surface area contributed by atoms with Gasteiger partial charge in [-0.3, -0.25) is 19.0 Å². The number of pyridine rings is 1. The summed E-state index contributed by atoms with van der Waals surface area (Å²) < 4.78 is 1.96. The number of rotatable bonds is 5. The SMILES string of the molecule is CC#CC(=O)N1C(c2nc(-c3ccc(C(=O)Cc4ccccn4)cc3)c3c(N)nccn23)[C@H]2CC[C@@H]1C2. The summed E-state index contributed by atoms with van der Waals surface area (Å²) in [5.74, 6) is 6.78. The molecule has 184 valence electrons. The Kier molecular flexibility index (Phi) is 5.68. The molecule has 4 aromatic rings. The minimum atomic E-state index is -0.172. The molecule has 1 aliphatic heterocycles. The highest BCUT2D eigenvalue weighted by atomic mass is 16.2. The van der Waals surface area contributed by atoms with Gasteiger partial charge in [0.2, 0.25) is 0 Å². The largest absolute Gasteiger partial charge is 0.382 e. The van der Waals surface area contributed by atoms with Crippen molar-refractivity contribution in [2.24, 2.45) is 5.92 Å². The van der Waals surface area contributed by atoms with E-state index >= 15 is 0 Å². The molecular weight excluding hydrogens is 464 g/mol. The van der Waals surface area contributed by atoms with Crippen molar-refractivity contribution in [2.75, 3.05) is 5.73 Å². The Balaban J connectivity index is 1.39. The smallest absolute Gasteiger partial charge is 0.299 e. The van der Waals surface area contributed by atoms with Crippen molar-refractivity contribution >= 4 is 23.0 Å². The third kappa shape index (κ3) is 3.93. The second-order valence-electron chi connectivity index (χ2n) is 9.61. The number of fused-ring (bicyclic) bond motifs is 3. The van der Waals surface area contributed by atoms with Crippen molar-refractivity contribution in [3.05, 3.63) is 78.1 Å². The van der Waals surface area contributed by atoms with Crippen LogP contribution >= 0.6 is 0 Å². The van der Waals surface area contributed by atoms with Crippen LogP contribution in [0.25, 0.3) is 16.8 Å². The minimum Gasteiger partial charge on any atom is -0.382 e. The maximum Gasteiger partial charge on any atom is 0.299 e. The van der Waals surface area contributed by atoms with E-state index in [9.17, 15) is 9.59 Å². The normalized spacial score (nSPS) is 20.1. The Morgan fingerprint density at radius 2 is 1.92 bits per heavy atom. The lowest BCUT2D eigenvalue weighted by Gasteiger charge is -2.33. The van der Waals surface area contributed by atoms with Crippen molar-refractivity contribution in [3.8, 4) is 23.1 Å². The summed E-state index contributed by atoms with van der Waals surface area (Å²) in [7, 11) is 0. The molecule has 2 bridgehead atoms. The summed E-state index contributed by atoms with van der Waals surface area (Å²) in [4.78, 5) is 41.3. The molecule has 2 N–H and O–H groups in total. The lowest BCUT2D eigenvalue weighted by atomic mass is 9.97. The van der Waals surface area contributed by atoms with Gasteiger partial charge in [-0.25, -0.2) is 9.97 Å². The van der Waals surface area contributed by atoms with Crippen LogP contribution in [0, 0.1) is 17.8 Å². The number of carbonyl (C=O) groups excluding carboxylic acids is 2. The summed E-state index contributed by atoms with van der Waals surface area (Å²) >= 11 is 0. The number of carbonyl (C=O) groups is 2. The molecule has 1 saturated carbocycles. The number of ketones is 1. The van der Waals surface area contributed by atoms with E-state index in [4.69, 9.17) is 10.7 Å². The quantitative estimate of drug-likeness (QED) is 0.336. The first kappa shape index (κ1) is 22.9. The minimum absolute atomic E-state index is 0.00464. The maximum absolute atomic E-state index is 13.0. The van der Waals surface area contributed by atoms with E-state index in [1.807, 2.05) is 58.0 Å². The topological polar surface area (TPSA) is 106 Å². The number of benzene rings is 1. The van der Waals surface area contributed by atoms with Gasteiger partial charge < -0.3 is 10.6 Å². The first-order valence-corrected chi connectivity index (χ1v) is 12.5. The lowest BCUT2D eigenvalue weighted by Crippen LogP contribution is -2.40. The Bertz CT molecular complexity index is 1570. The molecule has 8 heteroatoms. The van der Waals surface area contributed by atoms with Crippen LogP contribution in [0.3, 0.4) is 0 Å². The summed E-state index contributed by atoms with van der Waals surface area (Å²) in [5.41, 5.74) is 9.89. The zero-order valence-corrected chi connectivity index (χ0v) is 20.5. The molecule has 1 amide bonds. The molecule has 4 heterocycles. The molecule has 2 fully saturated rings. The average Bonchev–Trinajstić information content (AvgIpc) is 3.63. The first-order valence-electron chi connectivity index (χ1n) is 12.5. The molecule has 0 radical (unpaired) electrons. The van der Waals surface area contributed by atoms with Crippen molar-refractivity contribution in [1.82, 2.24) is 24.3 Å². The predicted octanol–water partition coefficient (Wildman–Crippen LogP) is 3.87. The van der Waals surface area contributed by atoms with E-state index in [0.29, 0.717) is 28.5 Å². The van der Waals surface area contributed by atoms with E-state index < -0.39 is 0 Å². The van der Waals surface area contributed by atoms with Crippen molar-refractivity contribution in [2.45, 2.75) is 44.7 Å². The molecule has 3 aromatic heterocycles. The van der Waals surface area contributed by atoms with E-state index in [-0.39, 0.29) is 30.2 Å². The van der Waals surface area contributed by atoms with Crippen molar-refractivity contribution in [3.63, 3.8) is 0 Å². The number of aromatic nitrogens is 4. The highest BCUT2D eigenvalue weighted by molar-refractivity contribution is 5.98. The molecule has 1 unspecified atom stereocenters. The molecule has 1 saturated heterocycles. The van der Waals surface area contributed by atoms with Crippen LogP contribution in [0.15, 0.2) is 61.1 Å². The van der Waals surface area contributed by atoms with Gasteiger partial charge in [-0.05, 0) is 50.2 Å². The van der Waals surface area contributed by atoms with Crippen LogP contribution in [-0.2, 0) is 11.2 Å². The van der Waals surface area contributed by atoms with Crippen LogP contribution < -0.4 is 5.73 Å². The molecule has 37 heavy (non-hydrogen) atoms. The highest BCUT2D eigenvalue weighted by Crippen LogP contribution is 2.50. The molecule has 2 aliphatic rings. The number of imidazole rings is 1. The maximum atomic E-state index is 13.0. The number of piperidine rings is 1. The van der Waals surface area contributed by atoms with E-state index in [1.54, 1.807) is 19.3 Å². The van der Waals surface area contributed by atoms with Crippen LogP contribution in [0.2, 0.25) is 0 Å². The Morgan fingerprint density at radius 1 is 1.08 bits per heavy atom. The Morgan fingerprint density at radius 3 is 2.68 bits per heavy atom. The number of nitrogens with two attached hydrogens (primary N) is 1. The van der Waals surface area contributed by atoms with E-state index in [1.165, 1.54) is 0 Å². The van der Waals surface area contributed by atoms with Gasteiger partial charge >= 0.3 is 0 Å². The molecular formula is C29H26N6O2. The summed E-state index contributed by atoms with van der Waals surface area (Å²) in [6, 6.07) is 12.9. The third-order valence-corrected chi connectivity index (χ3v) is 7.47. The second kappa shape index (κ2) is 9.17. The van der Waals surface area contributed by atoms with Crippen LogP contribution in [0.4, 0.5) is 5.82 Å². The zero-order chi connectivity index (χ0) is 25.5. The van der Waals surface area contributed by atoms with Gasteiger partial charge in [0.25, 0.3) is 5.91 Å². The zero-order valence-electron chi connectivity index (χ0n) is 20.5. The number of anilines is 1. The van der Waals surface area contributed by atoms with Crippen molar-refractivity contribution < 1.29 is 9.59 Å². The highest BCUT2D eigenvalue weighted by Gasteiger charge is 2.50. The fraction of sp³-hybridized carbons (Fsp3) is 0.276. The fourth-order valence-corrected chi connectivity index (χ4v) is 5.86. The number of likely N-dealkylation sites (tertiary alicyclic amines) is 1. The van der Waals surface area contributed by atoms with Crippen molar-refractivity contribution in [1.29, 1.82) is 0 Å². The molecule has 6 rings (SSSR count). The van der Waals surface area contributed by atoms with E-state index in [0.717, 1.165) is 36.3 Å². The van der Waals surface area contributed by atoms with Gasteiger partial charge in [0, 0.05) is 41.5 Å². The number of Topliss-reactive ketones (excluding diaryl/α,β-unsaturated/α-hetero) is 1. The first-order chi connectivity index (χ1) is 18.0. The molecule has 1 aromatic carbocycles.